The molecule has 0 aromatic carbocycles. The molecule has 0 unspecified atom stereocenters. The van der Waals surface area contributed by atoms with Crippen molar-refractivity contribution in [2.75, 3.05) is 57.4 Å². The normalized spacial score (nSPS) is 18.7. The van der Waals surface area contributed by atoms with E-state index in [1.165, 1.54) is 0 Å². The quantitative estimate of drug-likeness (QED) is 0.737. The lowest BCUT2D eigenvalue weighted by molar-refractivity contribution is 0.0428. The summed E-state index contributed by atoms with van der Waals surface area (Å²) in [7, 11) is 0. The lowest BCUT2D eigenvalue weighted by Gasteiger charge is -2.38. The van der Waals surface area contributed by atoms with Crippen molar-refractivity contribution < 1.29 is 9.53 Å². The van der Waals surface area contributed by atoms with E-state index in [9.17, 15) is 4.79 Å². The SMILES string of the molecule is Cc1cc(C#N)nc(N2CCN(C(=O)N3CCOCC3)CC2)n1. The summed E-state index contributed by atoms with van der Waals surface area (Å²) in [4.78, 5) is 26.8. The van der Waals surface area contributed by atoms with Crippen LogP contribution in [0.1, 0.15) is 11.4 Å². The summed E-state index contributed by atoms with van der Waals surface area (Å²) < 4.78 is 5.28. The summed E-state index contributed by atoms with van der Waals surface area (Å²) >= 11 is 0. The van der Waals surface area contributed by atoms with E-state index in [0.29, 0.717) is 64.1 Å². The van der Waals surface area contributed by atoms with Gasteiger partial charge >= 0.3 is 6.03 Å². The number of aromatic nitrogens is 2. The predicted octanol–water partition coefficient (Wildman–Crippen LogP) is 0.231. The fourth-order valence-corrected chi connectivity index (χ4v) is 2.80. The van der Waals surface area contributed by atoms with Gasteiger partial charge in [-0.25, -0.2) is 14.8 Å². The molecular weight excluding hydrogens is 296 g/mol. The third-order valence-corrected chi connectivity index (χ3v) is 4.07. The minimum absolute atomic E-state index is 0.0795. The molecule has 0 aliphatic carbocycles. The summed E-state index contributed by atoms with van der Waals surface area (Å²) in [6.07, 6.45) is 0. The van der Waals surface area contributed by atoms with Crippen LogP contribution in [0.15, 0.2) is 6.07 Å². The van der Waals surface area contributed by atoms with Crippen LogP contribution in [0.4, 0.5) is 10.7 Å². The lowest BCUT2D eigenvalue weighted by atomic mass is 10.3. The minimum Gasteiger partial charge on any atom is -0.378 e. The zero-order chi connectivity index (χ0) is 16.2. The van der Waals surface area contributed by atoms with Gasteiger partial charge in [-0.05, 0) is 13.0 Å². The number of carbonyl (C=O) groups excluding carboxylic acids is 1. The number of nitriles is 1. The second-order valence-electron chi connectivity index (χ2n) is 5.66. The second-order valence-corrected chi connectivity index (χ2v) is 5.66. The molecule has 0 N–H and O–H groups in total. The van der Waals surface area contributed by atoms with Crippen LogP contribution in [0, 0.1) is 18.3 Å². The molecule has 1 aromatic heterocycles. The number of anilines is 1. The standard InChI is InChI=1S/C15H20N6O2/c1-12-10-13(11-16)18-14(17-12)19-2-4-20(5-3-19)15(22)21-6-8-23-9-7-21/h10H,2-9H2,1H3. The van der Waals surface area contributed by atoms with Crippen molar-refractivity contribution in [3.05, 3.63) is 17.5 Å². The van der Waals surface area contributed by atoms with Crippen LogP contribution in [0.3, 0.4) is 0 Å². The Morgan fingerprint density at radius 2 is 1.78 bits per heavy atom. The first-order valence-corrected chi connectivity index (χ1v) is 7.80. The molecule has 3 heterocycles. The molecule has 2 saturated heterocycles. The van der Waals surface area contributed by atoms with Crippen molar-refractivity contribution >= 4 is 12.0 Å². The molecule has 122 valence electrons. The van der Waals surface area contributed by atoms with Crippen LogP contribution in [0.2, 0.25) is 0 Å². The molecule has 0 saturated carbocycles. The van der Waals surface area contributed by atoms with Crippen molar-refractivity contribution in [2.24, 2.45) is 0 Å². The van der Waals surface area contributed by atoms with Gasteiger partial charge in [-0.2, -0.15) is 5.26 Å². The zero-order valence-corrected chi connectivity index (χ0v) is 13.2. The Balaban J connectivity index is 1.61. The van der Waals surface area contributed by atoms with Crippen LogP contribution >= 0.6 is 0 Å². The molecule has 2 aliphatic heterocycles. The van der Waals surface area contributed by atoms with Gasteiger partial charge in [0.25, 0.3) is 0 Å². The van der Waals surface area contributed by atoms with E-state index in [-0.39, 0.29) is 6.03 Å². The number of aryl methyl sites for hydroxylation is 1. The summed E-state index contributed by atoms with van der Waals surface area (Å²) in [5.41, 5.74) is 1.15. The highest BCUT2D eigenvalue weighted by molar-refractivity contribution is 5.75. The largest absolute Gasteiger partial charge is 0.378 e. The Bertz CT molecular complexity index is 615. The van der Waals surface area contributed by atoms with Crippen molar-refractivity contribution in [3.8, 4) is 6.07 Å². The highest BCUT2D eigenvalue weighted by atomic mass is 16.5. The molecule has 2 aliphatic rings. The zero-order valence-electron chi connectivity index (χ0n) is 13.2. The third-order valence-electron chi connectivity index (χ3n) is 4.07. The van der Waals surface area contributed by atoms with Crippen molar-refractivity contribution in [1.82, 2.24) is 19.8 Å². The van der Waals surface area contributed by atoms with Crippen LogP contribution in [-0.4, -0.2) is 78.3 Å². The van der Waals surface area contributed by atoms with Gasteiger partial charge in [-0.1, -0.05) is 0 Å². The number of hydrogen-bond acceptors (Lipinski definition) is 6. The number of ether oxygens (including phenoxy) is 1. The van der Waals surface area contributed by atoms with Gasteiger partial charge < -0.3 is 19.4 Å². The average molecular weight is 316 g/mol. The number of piperazine rings is 1. The smallest absolute Gasteiger partial charge is 0.320 e. The van der Waals surface area contributed by atoms with Crippen LogP contribution in [0.5, 0.6) is 0 Å². The summed E-state index contributed by atoms with van der Waals surface area (Å²) in [5.74, 6) is 0.569. The Kier molecular flexibility index (Phi) is 4.57. The van der Waals surface area contributed by atoms with Crippen molar-refractivity contribution in [3.63, 3.8) is 0 Å². The van der Waals surface area contributed by atoms with Gasteiger partial charge in [-0.3, -0.25) is 0 Å². The van der Waals surface area contributed by atoms with Gasteiger partial charge in [0.15, 0.2) is 0 Å². The number of morpholine rings is 1. The van der Waals surface area contributed by atoms with Crippen molar-refractivity contribution in [2.45, 2.75) is 6.92 Å². The average Bonchev–Trinajstić information content (AvgIpc) is 2.61. The topological polar surface area (TPSA) is 85.6 Å². The Hall–Kier alpha value is -2.40. The molecule has 23 heavy (non-hydrogen) atoms. The van der Waals surface area contributed by atoms with Crippen LogP contribution in [0.25, 0.3) is 0 Å². The van der Waals surface area contributed by atoms with Crippen LogP contribution < -0.4 is 4.90 Å². The Labute approximate surface area is 135 Å². The minimum atomic E-state index is 0.0795. The molecule has 8 heteroatoms. The summed E-state index contributed by atoms with van der Waals surface area (Å²) in [6, 6.07) is 3.80. The van der Waals surface area contributed by atoms with E-state index in [2.05, 4.69) is 16.0 Å². The maximum absolute atomic E-state index is 12.5. The van der Waals surface area contributed by atoms with E-state index in [0.717, 1.165) is 5.69 Å². The first kappa shape index (κ1) is 15.5. The number of urea groups is 1. The van der Waals surface area contributed by atoms with Gasteiger partial charge in [0.1, 0.15) is 11.8 Å². The van der Waals surface area contributed by atoms with E-state index in [4.69, 9.17) is 10.00 Å². The predicted molar refractivity (Wildman–Crippen MR) is 83.1 cm³/mol. The first-order chi connectivity index (χ1) is 11.2. The molecule has 8 nitrogen and oxygen atoms in total. The number of hydrogen-bond donors (Lipinski definition) is 0. The van der Waals surface area contributed by atoms with Crippen LogP contribution in [-0.2, 0) is 4.74 Å². The Morgan fingerprint density at radius 1 is 1.13 bits per heavy atom. The number of amides is 2. The molecule has 0 atom stereocenters. The summed E-state index contributed by atoms with van der Waals surface area (Å²) in [6.45, 7) is 7.00. The number of nitrogens with zero attached hydrogens (tertiary/aromatic N) is 6. The molecule has 3 rings (SSSR count). The lowest BCUT2D eigenvalue weighted by Crippen LogP contribution is -2.55. The maximum Gasteiger partial charge on any atom is 0.320 e. The highest BCUT2D eigenvalue weighted by Crippen LogP contribution is 2.14. The molecule has 0 radical (unpaired) electrons. The molecule has 2 fully saturated rings. The molecule has 0 spiro atoms. The Morgan fingerprint density at radius 3 is 2.43 bits per heavy atom. The fourth-order valence-electron chi connectivity index (χ4n) is 2.80. The maximum atomic E-state index is 12.5. The molecule has 0 bridgehead atoms. The van der Waals surface area contributed by atoms with E-state index in [1.807, 2.05) is 21.6 Å². The number of carbonyl (C=O) groups is 1. The van der Waals surface area contributed by atoms with Gasteiger partial charge in [0.2, 0.25) is 5.95 Å². The second kappa shape index (κ2) is 6.79. The summed E-state index contributed by atoms with van der Waals surface area (Å²) in [5, 5.41) is 9.02. The fraction of sp³-hybridized carbons (Fsp3) is 0.600. The van der Waals surface area contributed by atoms with Gasteiger partial charge in [0.05, 0.1) is 13.2 Å². The van der Waals surface area contributed by atoms with Gasteiger partial charge in [-0.15, -0.1) is 0 Å². The van der Waals surface area contributed by atoms with E-state index >= 15 is 0 Å². The monoisotopic (exact) mass is 316 g/mol. The van der Waals surface area contributed by atoms with Crippen molar-refractivity contribution in [1.29, 1.82) is 5.26 Å². The van der Waals surface area contributed by atoms with E-state index < -0.39 is 0 Å². The molecule has 2 amide bonds. The third kappa shape index (κ3) is 3.51. The number of rotatable bonds is 1. The molecular formula is C15H20N6O2. The highest BCUT2D eigenvalue weighted by Gasteiger charge is 2.27. The van der Waals surface area contributed by atoms with Gasteiger partial charge in [0, 0.05) is 45.0 Å². The first-order valence-electron chi connectivity index (χ1n) is 7.80. The molecule has 1 aromatic rings. The van der Waals surface area contributed by atoms with E-state index in [1.54, 1.807) is 6.07 Å².